The van der Waals surface area contributed by atoms with E-state index in [1.165, 1.54) is 17.7 Å². The van der Waals surface area contributed by atoms with Gasteiger partial charge in [0.05, 0.1) is 17.9 Å². The fourth-order valence-electron chi connectivity index (χ4n) is 2.74. The second kappa shape index (κ2) is 6.24. The van der Waals surface area contributed by atoms with Crippen LogP contribution < -0.4 is 0 Å². The normalized spacial score (nSPS) is 10.9. The number of hydrogen-bond acceptors (Lipinski definition) is 2. The van der Waals surface area contributed by atoms with Gasteiger partial charge in [-0.15, -0.1) is 0 Å². The van der Waals surface area contributed by atoms with Crippen LogP contribution in [-0.2, 0) is 11.2 Å². The van der Waals surface area contributed by atoms with Gasteiger partial charge in [-0.25, -0.2) is 9.18 Å². The molecular formula is C19H18FNO2. The number of nitrogens with zero attached hydrogens (tertiary/aromatic N) is 1. The number of benzene rings is 1. The summed E-state index contributed by atoms with van der Waals surface area (Å²) in [7, 11) is 0. The van der Waals surface area contributed by atoms with Gasteiger partial charge < -0.3 is 9.14 Å². The Balaban J connectivity index is 2.27. The average molecular weight is 311 g/mol. The molecule has 0 aliphatic rings. The highest BCUT2D eigenvalue weighted by Crippen LogP contribution is 2.29. The number of pyridine rings is 1. The van der Waals surface area contributed by atoms with Gasteiger partial charge in [0, 0.05) is 17.3 Å². The van der Waals surface area contributed by atoms with Crippen LogP contribution in [0.1, 0.15) is 29.8 Å². The minimum Gasteiger partial charge on any atom is -0.462 e. The molecule has 23 heavy (non-hydrogen) atoms. The summed E-state index contributed by atoms with van der Waals surface area (Å²) in [6.45, 7) is 4.15. The molecule has 0 fully saturated rings. The molecule has 0 radical (unpaired) electrons. The van der Waals surface area contributed by atoms with Crippen LogP contribution in [0.25, 0.3) is 16.8 Å². The highest BCUT2D eigenvalue weighted by atomic mass is 19.1. The van der Waals surface area contributed by atoms with Gasteiger partial charge in [-0.3, -0.25) is 0 Å². The molecule has 118 valence electrons. The Hall–Kier alpha value is -2.62. The van der Waals surface area contributed by atoms with Crippen LogP contribution >= 0.6 is 0 Å². The first-order valence-electron chi connectivity index (χ1n) is 7.71. The fraction of sp³-hybridized carbons (Fsp3) is 0.211. The predicted octanol–water partition coefficient (Wildman–Crippen LogP) is 4.48. The average Bonchev–Trinajstić information content (AvgIpc) is 2.93. The lowest BCUT2D eigenvalue weighted by molar-refractivity contribution is 0.0527. The van der Waals surface area contributed by atoms with E-state index in [2.05, 4.69) is 6.92 Å². The maximum atomic E-state index is 13.6. The molecule has 4 heteroatoms. The molecule has 0 bridgehead atoms. The molecule has 0 amide bonds. The summed E-state index contributed by atoms with van der Waals surface area (Å²) in [5.41, 5.74) is 3.83. The molecule has 3 nitrogen and oxygen atoms in total. The molecule has 2 heterocycles. The zero-order valence-electron chi connectivity index (χ0n) is 13.2. The first-order valence-corrected chi connectivity index (χ1v) is 7.71. The summed E-state index contributed by atoms with van der Waals surface area (Å²) in [4.78, 5) is 12.3. The number of carbonyl (C=O) groups excluding carboxylic acids is 1. The highest BCUT2D eigenvalue weighted by Gasteiger charge is 2.19. The fourth-order valence-corrected chi connectivity index (χ4v) is 2.74. The monoisotopic (exact) mass is 311 g/mol. The second-order valence-corrected chi connectivity index (χ2v) is 5.32. The van der Waals surface area contributed by atoms with Crippen molar-refractivity contribution in [3.63, 3.8) is 0 Å². The molecule has 0 atom stereocenters. The van der Waals surface area contributed by atoms with Gasteiger partial charge in [0.1, 0.15) is 5.82 Å². The molecular weight excluding hydrogens is 293 g/mol. The molecule has 0 spiro atoms. The van der Waals surface area contributed by atoms with Crippen molar-refractivity contribution in [2.45, 2.75) is 20.3 Å². The molecule has 0 aliphatic carbocycles. The zero-order valence-corrected chi connectivity index (χ0v) is 13.2. The Kier molecular flexibility index (Phi) is 4.15. The summed E-state index contributed by atoms with van der Waals surface area (Å²) >= 11 is 0. The predicted molar refractivity (Wildman–Crippen MR) is 88.1 cm³/mol. The minimum absolute atomic E-state index is 0.299. The van der Waals surface area contributed by atoms with Crippen LogP contribution in [0, 0.1) is 5.82 Å². The van der Waals surface area contributed by atoms with E-state index in [1.807, 2.05) is 22.7 Å². The molecule has 0 saturated heterocycles. The van der Waals surface area contributed by atoms with Crippen molar-refractivity contribution in [3.8, 4) is 11.3 Å². The largest absolute Gasteiger partial charge is 0.462 e. The van der Waals surface area contributed by atoms with Crippen molar-refractivity contribution in [2.75, 3.05) is 6.61 Å². The van der Waals surface area contributed by atoms with Gasteiger partial charge >= 0.3 is 5.97 Å². The van der Waals surface area contributed by atoms with Crippen molar-refractivity contribution in [2.24, 2.45) is 0 Å². The lowest BCUT2D eigenvalue weighted by atomic mass is 10.1. The maximum Gasteiger partial charge on any atom is 0.340 e. The second-order valence-electron chi connectivity index (χ2n) is 5.32. The number of ether oxygens (including phenoxy) is 1. The third-order valence-electron chi connectivity index (χ3n) is 3.84. The van der Waals surface area contributed by atoms with Gasteiger partial charge in [-0.05, 0) is 49.2 Å². The summed E-state index contributed by atoms with van der Waals surface area (Å²) in [6, 6.07) is 12.1. The van der Waals surface area contributed by atoms with Gasteiger partial charge in [-0.1, -0.05) is 19.1 Å². The van der Waals surface area contributed by atoms with Crippen LogP contribution in [0.5, 0.6) is 0 Å². The Labute approximate surface area is 134 Å². The number of hydrogen-bond donors (Lipinski definition) is 0. The van der Waals surface area contributed by atoms with E-state index >= 15 is 0 Å². The first-order chi connectivity index (χ1) is 11.1. The molecule has 0 N–H and O–H groups in total. The van der Waals surface area contributed by atoms with E-state index in [0.29, 0.717) is 23.4 Å². The quantitative estimate of drug-likeness (QED) is 0.665. The Bertz CT molecular complexity index is 867. The van der Waals surface area contributed by atoms with Crippen LogP contribution in [-0.4, -0.2) is 17.0 Å². The van der Waals surface area contributed by atoms with Crippen LogP contribution in [0.2, 0.25) is 0 Å². The number of fused-ring (bicyclic) bond motifs is 1. The number of aromatic nitrogens is 1. The number of halogens is 1. The van der Waals surface area contributed by atoms with Crippen molar-refractivity contribution < 1.29 is 13.9 Å². The molecule has 1 aromatic carbocycles. The maximum absolute atomic E-state index is 13.6. The Morgan fingerprint density at radius 3 is 2.70 bits per heavy atom. The van der Waals surface area contributed by atoms with E-state index in [9.17, 15) is 9.18 Å². The van der Waals surface area contributed by atoms with Gasteiger partial charge in [0.15, 0.2) is 0 Å². The molecule has 0 unspecified atom stereocenters. The van der Waals surface area contributed by atoms with Crippen molar-refractivity contribution in [3.05, 3.63) is 65.6 Å². The van der Waals surface area contributed by atoms with Crippen molar-refractivity contribution in [1.29, 1.82) is 0 Å². The summed E-state index contributed by atoms with van der Waals surface area (Å²) in [6.07, 6.45) is 2.82. The van der Waals surface area contributed by atoms with E-state index < -0.39 is 5.97 Å². The highest BCUT2D eigenvalue weighted by molar-refractivity contribution is 5.99. The summed E-state index contributed by atoms with van der Waals surface area (Å²) < 4.78 is 20.7. The van der Waals surface area contributed by atoms with Gasteiger partial charge in [0.25, 0.3) is 0 Å². The number of aryl methyl sites for hydroxylation is 1. The Morgan fingerprint density at radius 1 is 1.17 bits per heavy atom. The number of carbonyl (C=O) groups is 1. The molecule has 2 aromatic heterocycles. The van der Waals surface area contributed by atoms with Gasteiger partial charge in [-0.2, -0.15) is 0 Å². The molecule has 3 aromatic rings. The van der Waals surface area contributed by atoms with Crippen LogP contribution in [0.15, 0.2) is 48.7 Å². The smallest absolute Gasteiger partial charge is 0.340 e. The van der Waals surface area contributed by atoms with Crippen LogP contribution in [0.4, 0.5) is 4.39 Å². The molecule has 0 aliphatic heterocycles. The van der Waals surface area contributed by atoms with E-state index in [1.54, 1.807) is 25.1 Å². The third kappa shape index (κ3) is 2.84. The first kappa shape index (κ1) is 15.3. The number of rotatable bonds is 4. The topological polar surface area (TPSA) is 30.7 Å². The van der Waals surface area contributed by atoms with Crippen molar-refractivity contribution >= 4 is 11.5 Å². The molecule has 0 saturated carbocycles. The van der Waals surface area contributed by atoms with E-state index in [0.717, 1.165) is 11.9 Å². The van der Waals surface area contributed by atoms with E-state index in [4.69, 9.17) is 4.74 Å². The minimum atomic E-state index is -0.395. The number of esters is 1. The lowest BCUT2D eigenvalue weighted by Gasteiger charge is -2.08. The van der Waals surface area contributed by atoms with Gasteiger partial charge in [0.2, 0.25) is 0 Å². The van der Waals surface area contributed by atoms with Crippen molar-refractivity contribution in [1.82, 2.24) is 4.40 Å². The standard InChI is InChI=1S/C19H18FNO2/c1-3-13-8-9-21-16(10-13)12-17(19(22)23-4-2)18(21)14-6-5-7-15(20)11-14/h5-12H,3-4H2,1-2H3. The molecule has 3 rings (SSSR count). The third-order valence-corrected chi connectivity index (χ3v) is 3.84. The summed E-state index contributed by atoms with van der Waals surface area (Å²) in [5.74, 6) is -0.731. The van der Waals surface area contributed by atoms with Crippen LogP contribution in [0.3, 0.4) is 0 Å². The zero-order chi connectivity index (χ0) is 16.4. The Morgan fingerprint density at radius 2 is 2.00 bits per heavy atom. The summed E-state index contributed by atoms with van der Waals surface area (Å²) in [5, 5.41) is 0. The lowest BCUT2D eigenvalue weighted by Crippen LogP contribution is -2.05. The van der Waals surface area contributed by atoms with E-state index in [-0.39, 0.29) is 5.82 Å². The SMILES string of the molecule is CCOC(=O)c1cc2cc(CC)ccn2c1-c1cccc(F)c1.